The van der Waals surface area contributed by atoms with Crippen LogP contribution in [0.3, 0.4) is 0 Å². The van der Waals surface area contributed by atoms with Gasteiger partial charge in [0.15, 0.2) is 0 Å². The normalized spacial score (nSPS) is 17.3. The van der Waals surface area contributed by atoms with Gasteiger partial charge in [-0.2, -0.15) is 0 Å². The van der Waals surface area contributed by atoms with E-state index >= 15 is 0 Å². The zero-order valence-electron chi connectivity index (χ0n) is 19.1. The Hall–Kier alpha value is -4.26. The van der Waals surface area contributed by atoms with Crippen LogP contribution in [0.1, 0.15) is 31.0 Å². The predicted octanol–water partition coefficient (Wildman–Crippen LogP) is 4.81. The summed E-state index contributed by atoms with van der Waals surface area (Å²) in [6.45, 7) is 3.82. The van der Waals surface area contributed by atoms with Gasteiger partial charge >= 0.3 is 0 Å². The van der Waals surface area contributed by atoms with Gasteiger partial charge in [0.2, 0.25) is 0 Å². The Morgan fingerprint density at radius 1 is 0.941 bits per heavy atom. The summed E-state index contributed by atoms with van der Waals surface area (Å²) >= 11 is 0. The maximum atomic E-state index is 13.2. The number of aromatic hydroxyl groups is 1. The molecular weight excluding hydrogens is 434 g/mol. The van der Waals surface area contributed by atoms with Crippen molar-refractivity contribution in [3.63, 3.8) is 0 Å². The number of amides is 1. The lowest BCUT2D eigenvalue weighted by Crippen LogP contribution is -2.29. The molecule has 3 aromatic rings. The number of carbonyl (C=O) groups excluding carboxylic acids is 2. The first-order valence-corrected chi connectivity index (χ1v) is 10.8. The molecule has 34 heavy (non-hydrogen) atoms. The van der Waals surface area contributed by atoms with Crippen LogP contribution in [0.5, 0.6) is 17.2 Å². The third kappa shape index (κ3) is 4.32. The molecule has 0 spiro atoms. The number of aliphatic hydroxyl groups is 1. The summed E-state index contributed by atoms with van der Waals surface area (Å²) in [5.74, 6) is -0.683. The van der Waals surface area contributed by atoms with E-state index < -0.39 is 17.7 Å². The van der Waals surface area contributed by atoms with Crippen molar-refractivity contribution in [1.29, 1.82) is 0 Å². The highest BCUT2D eigenvalue weighted by atomic mass is 16.5. The number of nitrogens with zero attached hydrogens (tertiary/aromatic N) is 1. The third-order valence-electron chi connectivity index (χ3n) is 5.48. The van der Waals surface area contributed by atoms with Crippen LogP contribution < -0.4 is 14.4 Å². The Morgan fingerprint density at radius 3 is 2.24 bits per heavy atom. The number of hydrogen-bond donors (Lipinski definition) is 2. The van der Waals surface area contributed by atoms with Crippen molar-refractivity contribution in [2.45, 2.75) is 26.0 Å². The molecule has 0 radical (unpaired) electrons. The minimum atomic E-state index is -0.903. The molecular formula is C27H25NO6. The van der Waals surface area contributed by atoms with E-state index in [2.05, 4.69) is 0 Å². The Balaban J connectivity index is 1.86. The van der Waals surface area contributed by atoms with Gasteiger partial charge in [0.25, 0.3) is 11.7 Å². The smallest absolute Gasteiger partial charge is 0.300 e. The lowest BCUT2D eigenvalue weighted by molar-refractivity contribution is -0.132. The number of ketones is 1. The highest BCUT2D eigenvalue weighted by molar-refractivity contribution is 6.51. The summed E-state index contributed by atoms with van der Waals surface area (Å²) in [5.41, 5.74) is 1.33. The summed E-state index contributed by atoms with van der Waals surface area (Å²) in [4.78, 5) is 27.7. The first-order valence-electron chi connectivity index (χ1n) is 10.8. The number of ether oxygens (including phenoxy) is 2. The van der Waals surface area contributed by atoms with Crippen molar-refractivity contribution in [3.05, 3.63) is 89.5 Å². The van der Waals surface area contributed by atoms with Crippen molar-refractivity contribution >= 4 is 23.1 Å². The lowest BCUT2D eigenvalue weighted by atomic mass is 9.95. The number of rotatable bonds is 6. The van der Waals surface area contributed by atoms with Crippen molar-refractivity contribution in [2.75, 3.05) is 12.0 Å². The van der Waals surface area contributed by atoms with Crippen molar-refractivity contribution in [3.8, 4) is 17.2 Å². The number of phenols is 1. The molecule has 1 saturated heterocycles. The second kappa shape index (κ2) is 9.31. The number of hydrogen-bond acceptors (Lipinski definition) is 6. The minimum Gasteiger partial charge on any atom is -0.508 e. The molecule has 0 bridgehead atoms. The van der Waals surface area contributed by atoms with E-state index in [-0.39, 0.29) is 23.2 Å². The molecule has 1 amide bonds. The monoisotopic (exact) mass is 459 g/mol. The van der Waals surface area contributed by atoms with Crippen LogP contribution in [0, 0.1) is 0 Å². The van der Waals surface area contributed by atoms with Crippen molar-refractivity contribution < 1.29 is 29.3 Å². The molecule has 0 saturated carbocycles. The molecule has 7 heteroatoms. The molecule has 3 aromatic carbocycles. The first kappa shape index (κ1) is 22.9. The second-order valence-electron chi connectivity index (χ2n) is 8.15. The minimum absolute atomic E-state index is 0.0119. The molecule has 0 aromatic heterocycles. The van der Waals surface area contributed by atoms with E-state index in [1.807, 2.05) is 13.8 Å². The highest BCUT2D eigenvalue weighted by Crippen LogP contribution is 2.43. The molecule has 4 rings (SSSR count). The van der Waals surface area contributed by atoms with E-state index in [4.69, 9.17) is 9.47 Å². The van der Waals surface area contributed by atoms with Gasteiger partial charge in [0, 0.05) is 17.3 Å². The van der Waals surface area contributed by atoms with Crippen LogP contribution in [0.15, 0.2) is 78.4 Å². The number of benzene rings is 3. The standard InChI is InChI=1S/C27H25NO6/c1-16(2)34-21-13-9-18(10-14-21)25(30)23-24(17-7-11-20(29)12-8-17)28(27(32)26(23)31)19-5-4-6-22(15-19)33-3/h4-16,24,29-30H,1-3H3/b25-23+. The van der Waals surface area contributed by atoms with Crippen LogP contribution in [0.25, 0.3) is 5.76 Å². The van der Waals surface area contributed by atoms with Crippen LogP contribution in [0.2, 0.25) is 0 Å². The van der Waals surface area contributed by atoms with Crippen molar-refractivity contribution in [2.24, 2.45) is 0 Å². The average Bonchev–Trinajstić information content (AvgIpc) is 3.09. The highest BCUT2D eigenvalue weighted by Gasteiger charge is 2.47. The van der Waals surface area contributed by atoms with E-state index in [1.165, 1.54) is 24.1 Å². The van der Waals surface area contributed by atoms with E-state index in [1.54, 1.807) is 60.7 Å². The summed E-state index contributed by atoms with van der Waals surface area (Å²) < 4.78 is 10.9. The summed E-state index contributed by atoms with van der Waals surface area (Å²) in [6.07, 6.45) is -0.0119. The first-order chi connectivity index (χ1) is 16.3. The van der Waals surface area contributed by atoms with Gasteiger partial charge in [-0.1, -0.05) is 18.2 Å². The quantitative estimate of drug-likeness (QED) is 0.312. The SMILES string of the molecule is COc1cccc(N2C(=O)C(=O)/C(=C(/O)c3ccc(OC(C)C)cc3)C2c2ccc(O)cc2)c1. The molecule has 1 atom stereocenters. The molecule has 1 aliphatic rings. The van der Waals surface area contributed by atoms with Gasteiger partial charge in [-0.3, -0.25) is 14.5 Å². The van der Waals surface area contributed by atoms with Gasteiger partial charge in [-0.05, 0) is 67.9 Å². The second-order valence-corrected chi connectivity index (χ2v) is 8.15. The van der Waals surface area contributed by atoms with Gasteiger partial charge < -0.3 is 19.7 Å². The third-order valence-corrected chi connectivity index (χ3v) is 5.48. The molecule has 1 unspecified atom stereocenters. The lowest BCUT2D eigenvalue weighted by Gasteiger charge is -2.25. The fourth-order valence-electron chi connectivity index (χ4n) is 3.95. The number of Topliss-reactive ketones (excluding diaryl/α,β-unsaturated/α-hetero) is 1. The zero-order valence-corrected chi connectivity index (χ0v) is 19.1. The fraction of sp³-hybridized carbons (Fsp3) is 0.185. The summed E-state index contributed by atoms with van der Waals surface area (Å²) in [7, 11) is 1.51. The van der Waals surface area contributed by atoms with Gasteiger partial charge in [-0.25, -0.2) is 0 Å². The largest absolute Gasteiger partial charge is 0.508 e. The van der Waals surface area contributed by atoms with E-state index in [0.29, 0.717) is 28.3 Å². The Kier molecular flexibility index (Phi) is 6.27. The number of carbonyl (C=O) groups is 2. The van der Waals surface area contributed by atoms with Crippen LogP contribution in [-0.4, -0.2) is 35.1 Å². The van der Waals surface area contributed by atoms with E-state index in [9.17, 15) is 19.8 Å². The summed E-state index contributed by atoms with van der Waals surface area (Å²) in [5, 5.41) is 21.0. The van der Waals surface area contributed by atoms with Crippen molar-refractivity contribution in [1.82, 2.24) is 0 Å². The predicted molar refractivity (Wildman–Crippen MR) is 128 cm³/mol. The van der Waals surface area contributed by atoms with Crippen LogP contribution >= 0.6 is 0 Å². The average molecular weight is 459 g/mol. The molecule has 174 valence electrons. The molecule has 0 aliphatic carbocycles. The molecule has 1 aliphatic heterocycles. The van der Waals surface area contributed by atoms with E-state index in [0.717, 1.165) is 0 Å². The van der Waals surface area contributed by atoms with Gasteiger partial charge in [0.05, 0.1) is 24.8 Å². The number of phenolic OH excluding ortho intramolecular Hbond substituents is 1. The molecule has 2 N–H and O–H groups in total. The zero-order chi connectivity index (χ0) is 24.4. The fourth-order valence-corrected chi connectivity index (χ4v) is 3.95. The summed E-state index contributed by atoms with van der Waals surface area (Å²) in [6, 6.07) is 18.7. The number of aliphatic hydroxyl groups excluding tert-OH is 1. The molecule has 1 heterocycles. The number of methoxy groups -OCH3 is 1. The Morgan fingerprint density at radius 2 is 1.62 bits per heavy atom. The van der Waals surface area contributed by atoms with Crippen LogP contribution in [0.4, 0.5) is 5.69 Å². The topological polar surface area (TPSA) is 96.3 Å². The van der Waals surface area contributed by atoms with Gasteiger partial charge in [0.1, 0.15) is 23.0 Å². The Labute approximate surface area is 197 Å². The van der Waals surface area contributed by atoms with Gasteiger partial charge in [-0.15, -0.1) is 0 Å². The van der Waals surface area contributed by atoms with Crippen LogP contribution in [-0.2, 0) is 9.59 Å². The number of anilines is 1. The molecule has 1 fully saturated rings. The maximum Gasteiger partial charge on any atom is 0.300 e. The molecule has 7 nitrogen and oxygen atoms in total. The Bertz CT molecular complexity index is 1240. The maximum absolute atomic E-state index is 13.2.